The van der Waals surface area contributed by atoms with Crippen molar-refractivity contribution in [3.8, 4) is 0 Å². The largest absolute Gasteiger partial charge is 0.459 e. The molecule has 6 unspecified atom stereocenters. The van der Waals surface area contributed by atoms with Gasteiger partial charge in [0, 0.05) is 34.8 Å². The van der Waals surface area contributed by atoms with Crippen LogP contribution in [0.1, 0.15) is 49.1 Å². The summed E-state index contributed by atoms with van der Waals surface area (Å²) in [6, 6.07) is 0.0851. The fraction of sp³-hybridized carbons (Fsp3) is 0.333. The van der Waals surface area contributed by atoms with Crippen molar-refractivity contribution in [1.82, 2.24) is 9.97 Å². The third kappa shape index (κ3) is 4.31. The average molecular weight is 554 g/mol. The van der Waals surface area contributed by atoms with E-state index in [0.29, 0.717) is 24.2 Å². The molecule has 0 aromatic carbocycles. The first kappa shape index (κ1) is 25.9. The lowest BCUT2D eigenvalue weighted by molar-refractivity contribution is 0.350. The van der Waals surface area contributed by atoms with Crippen LogP contribution in [0.2, 0.25) is 5.82 Å². The van der Waals surface area contributed by atoms with Gasteiger partial charge in [0.1, 0.15) is 0 Å². The van der Waals surface area contributed by atoms with Crippen LogP contribution < -0.4 is 4.90 Å². The first-order valence-electron chi connectivity index (χ1n) is 15.6. The number of anilines is 1. The van der Waals surface area contributed by atoms with Crippen molar-refractivity contribution < 1.29 is 10.0 Å². The number of nitrogens with zero attached hydrogens (tertiary/aromatic N) is 3. The van der Waals surface area contributed by atoms with Gasteiger partial charge < -0.3 is 14.9 Å². The summed E-state index contributed by atoms with van der Waals surface area (Å²) >= 11 is 0. The molecular weight excluding hydrogens is 517 g/mol. The van der Waals surface area contributed by atoms with Gasteiger partial charge in [-0.2, -0.15) is 0 Å². The van der Waals surface area contributed by atoms with Crippen molar-refractivity contribution in [1.29, 1.82) is 0 Å². The van der Waals surface area contributed by atoms with E-state index in [2.05, 4.69) is 96.0 Å². The Morgan fingerprint density at radius 1 is 0.833 bits per heavy atom. The predicted octanol–water partition coefficient (Wildman–Crippen LogP) is 6.46. The number of hydrogen-bond donors (Lipinski definition) is 2. The number of aryl methyl sites for hydroxylation is 1. The van der Waals surface area contributed by atoms with E-state index >= 15 is 0 Å². The van der Waals surface area contributed by atoms with Crippen molar-refractivity contribution in [2.75, 3.05) is 4.90 Å². The van der Waals surface area contributed by atoms with Gasteiger partial charge in [0.2, 0.25) is 5.95 Å². The van der Waals surface area contributed by atoms with Crippen molar-refractivity contribution in [3.05, 3.63) is 125 Å². The number of rotatable bonds is 4. The topological polar surface area (TPSA) is 69.5 Å². The minimum Gasteiger partial charge on any atom is -0.427 e. The number of fused-ring (bicyclic) bond motifs is 5. The maximum absolute atomic E-state index is 10.1. The summed E-state index contributed by atoms with van der Waals surface area (Å²) in [5.41, 5.74) is 8.27. The number of hydrogen-bond acceptors (Lipinski definition) is 5. The molecule has 1 aliphatic heterocycles. The molecule has 0 spiro atoms. The van der Waals surface area contributed by atoms with Crippen LogP contribution in [-0.2, 0) is 6.42 Å². The molecule has 0 fully saturated rings. The summed E-state index contributed by atoms with van der Waals surface area (Å²) in [6.07, 6.45) is 41.8. The van der Waals surface area contributed by atoms with Gasteiger partial charge in [-0.1, -0.05) is 91.1 Å². The average Bonchev–Trinajstić information content (AvgIpc) is 3.39. The number of aromatic nitrogens is 2. The molecule has 1 aromatic heterocycles. The molecule has 8 rings (SSSR count). The summed E-state index contributed by atoms with van der Waals surface area (Å²) in [5.74, 6) is 1.77. The van der Waals surface area contributed by atoms with E-state index in [9.17, 15) is 10.0 Å². The Bertz CT molecular complexity index is 1620. The zero-order chi connectivity index (χ0) is 28.2. The zero-order valence-corrected chi connectivity index (χ0v) is 23.8. The molecule has 6 atom stereocenters. The van der Waals surface area contributed by atoms with Gasteiger partial charge >= 0.3 is 7.12 Å². The van der Waals surface area contributed by atoms with Gasteiger partial charge in [-0.25, -0.2) is 9.97 Å². The molecular formula is C36H36BN3O2. The molecule has 0 saturated carbocycles. The second-order valence-electron chi connectivity index (χ2n) is 12.5. The molecule has 5 nitrogen and oxygen atoms in total. The lowest BCUT2D eigenvalue weighted by atomic mass is 9.63. The van der Waals surface area contributed by atoms with E-state index in [1.54, 1.807) is 0 Å². The zero-order valence-electron chi connectivity index (χ0n) is 23.8. The van der Waals surface area contributed by atoms with E-state index in [1.807, 2.05) is 6.08 Å². The molecule has 7 aliphatic rings. The molecule has 2 heterocycles. The summed E-state index contributed by atoms with van der Waals surface area (Å²) in [4.78, 5) is 12.9. The van der Waals surface area contributed by atoms with Crippen molar-refractivity contribution in [3.63, 3.8) is 0 Å². The molecule has 0 bridgehead atoms. The highest BCUT2D eigenvalue weighted by Gasteiger charge is 2.49. The third-order valence-corrected chi connectivity index (χ3v) is 10.0. The Balaban J connectivity index is 1.21. The molecule has 42 heavy (non-hydrogen) atoms. The van der Waals surface area contributed by atoms with Gasteiger partial charge in [-0.15, -0.1) is 0 Å². The van der Waals surface area contributed by atoms with E-state index in [4.69, 9.17) is 9.97 Å². The van der Waals surface area contributed by atoms with Crippen LogP contribution in [0.3, 0.4) is 0 Å². The van der Waals surface area contributed by atoms with Crippen molar-refractivity contribution in [2.24, 2.45) is 23.7 Å². The summed E-state index contributed by atoms with van der Waals surface area (Å²) < 4.78 is 0. The molecule has 0 radical (unpaired) electrons. The lowest BCUT2D eigenvalue weighted by Gasteiger charge is -2.38. The summed E-state index contributed by atoms with van der Waals surface area (Å²) in [7, 11) is -1.37. The van der Waals surface area contributed by atoms with Gasteiger partial charge in [0.25, 0.3) is 0 Å². The van der Waals surface area contributed by atoms with Crippen LogP contribution in [-0.4, -0.2) is 33.2 Å². The monoisotopic (exact) mass is 553 g/mol. The normalized spacial score (nSPS) is 31.9. The molecule has 0 saturated heterocycles. The van der Waals surface area contributed by atoms with E-state index in [-0.39, 0.29) is 17.8 Å². The SMILES string of the molecule is OB(O)C1C=CC2=C(C1)C1C3C=CC=CC3C=CC1N2c1nc2c(c(C3=CCC(C4=CCCC=C4)C=C3)n1)C=CCC2. The van der Waals surface area contributed by atoms with Crippen LogP contribution in [0.5, 0.6) is 0 Å². The van der Waals surface area contributed by atoms with Crippen LogP contribution >= 0.6 is 0 Å². The van der Waals surface area contributed by atoms with Crippen molar-refractivity contribution in [2.45, 2.75) is 50.4 Å². The Morgan fingerprint density at radius 2 is 1.74 bits per heavy atom. The van der Waals surface area contributed by atoms with Crippen LogP contribution in [0, 0.1) is 23.7 Å². The Kier molecular flexibility index (Phi) is 6.49. The Morgan fingerprint density at radius 3 is 2.57 bits per heavy atom. The predicted molar refractivity (Wildman–Crippen MR) is 170 cm³/mol. The fourth-order valence-corrected chi connectivity index (χ4v) is 7.93. The molecule has 2 N–H and O–H groups in total. The molecule has 6 heteroatoms. The van der Waals surface area contributed by atoms with Crippen LogP contribution in [0.25, 0.3) is 11.6 Å². The standard InChI is InChI=1S/C36H36BN3O2/c41-37(42)27-19-21-32-30(22-27)34-28-11-5-4-10-25(28)18-20-33(34)40(32)36-38-31-13-7-6-12-29(31)35(39-36)26-16-14-24(15-17-26)23-8-2-1-3-9-23/h2,4-6,8-12,14,16-21,24-25,27-28,33-34,41-42H,1,3,7,13,15,22H2. The molecule has 0 amide bonds. The Hall–Kier alpha value is -3.74. The quantitative estimate of drug-likeness (QED) is 0.331. The maximum Gasteiger partial charge on any atom is 0.459 e. The van der Waals surface area contributed by atoms with Gasteiger partial charge in [0.15, 0.2) is 0 Å². The maximum atomic E-state index is 10.1. The molecule has 1 aromatic rings. The Labute approximate surface area is 248 Å². The van der Waals surface area contributed by atoms with E-state index in [0.717, 1.165) is 60.7 Å². The molecule has 210 valence electrons. The van der Waals surface area contributed by atoms with Crippen LogP contribution in [0.4, 0.5) is 5.95 Å². The highest BCUT2D eigenvalue weighted by molar-refractivity contribution is 6.44. The van der Waals surface area contributed by atoms with Crippen molar-refractivity contribution >= 4 is 24.7 Å². The summed E-state index contributed by atoms with van der Waals surface area (Å²) in [6.45, 7) is 0. The third-order valence-electron chi connectivity index (χ3n) is 10.0. The van der Waals surface area contributed by atoms with E-state index in [1.165, 1.54) is 16.7 Å². The first-order valence-corrected chi connectivity index (χ1v) is 15.6. The second-order valence-corrected chi connectivity index (χ2v) is 12.5. The minimum absolute atomic E-state index is 0.0851. The van der Waals surface area contributed by atoms with E-state index < -0.39 is 7.12 Å². The second kappa shape index (κ2) is 10.5. The van der Waals surface area contributed by atoms with Gasteiger partial charge in [0.05, 0.1) is 17.4 Å². The highest BCUT2D eigenvalue weighted by Crippen LogP contribution is 2.52. The van der Waals surface area contributed by atoms with Crippen LogP contribution in [0.15, 0.2) is 108 Å². The highest BCUT2D eigenvalue weighted by atomic mass is 16.4. The smallest absolute Gasteiger partial charge is 0.427 e. The van der Waals surface area contributed by atoms with Gasteiger partial charge in [-0.3, -0.25) is 0 Å². The summed E-state index contributed by atoms with van der Waals surface area (Å²) in [5, 5.41) is 20.2. The van der Waals surface area contributed by atoms with Gasteiger partial charge in [-0.05, 0) is 67.2 Å². The first-order chi connectivity index (χ1) is 20.7. The molecule has 6 aliphatic carbocycles. The minimum atomic E-state index is -1.37. The lowest BCUT2D eigenvalue weighted by Crippen LogP contribution is -2.41. The number of allylic oxidation sites excluding steroid dienone is 16. The fourth-order valence-electron chi connectivity index (χ4n) is 7.93.